The van der Waals surface area contributed by atoms with Crippen molar-refractivity contribution in [3.8, 4) is 0 Å². The molecule has 0 aromatic rings. The molecule has 0 aromatic carbocycles. The summed E-state index contributed by atoms with van der Waals surface area (Å²) in [5.41, 5.74) is 0. The number of aliphatic hydroxyl groups is 1. The van der Waals surface area contributed by atoms with Gasteiger partial charge in [0, 0.05) is 31.2 Å². The average molecular weight is 247 g/mol. The molecule has 1 rings (SSSR count). The van der Waals surface area contributed by atoms with Gasteiger partial charge in [-0.05, 0) is 12.8 Å². The van der Waals surface area contributed by atoms with Crippen LogP contribution in [0.25, 0.3) is 0 Å². The Morgan fingerprint density at radius 2 is 2.12 bits per heavy atom. The van der Waals surface area contributed by atoms with E-state index in [1.807, 2.05) is 11.8 Å². The van der Waals surface area contributed by atoms with Gasteiger partial charge in [-0.2, -0.15) is 11.8 Å². The molecule has 0 amide bonds. The summed E-state index contributed by atoms with van der Waals surface area (Å²) < 4.78 is 4.93. The lowest BCUT2D eigenvalue weighted by atomic mass is 10.0. The van der Waals surface area contributed by atoms with Crippen molar-refractivity contribution in [3.05, 3.63) is 0 Å². The maximum atomic E-state index is 9.76. The van der Waals surface area contributed by atoms with E-state index in [-0.39, 0.29) is 6.10 Å². The fourth-order valence-corrected chi connectivity index (χ4v) is 3.26. The zero-order valence-corrected chi connectivity index (χ0v) is 11.1. The molecular formula is C12H25NO2S. The minimum absolute atomic E-state index is 0.219. The Morgan fingerprint density at radius 3 is 2.81 bits per heavy atom. The van der Waals surface area contributed by atoms with Crippen LogP contribution in [0, 0.1) is 0 Å². The van der Waals surface area contributed by atoms with E-state index in [9.17, 15) is 5.11 Å². The van der Waals surface area contributed by atoms with E-state index < -0.39 is 0 Å². The second-order valence-corrected chi connectivity index (χ2v) is 5.78. The quantitative estimate of drug-likeness (QED) is 0.640. The van der Waals surface area contributed by atoms with E-state index in [2.05, 4.69) is 5.32 Å². The lowest BCUT2D eigenvalue weighted by molar-refractivity contribution is 0.175. The number of nitrogens with one attached hydrogen (secondary N) is 1. The van der Waals surface area contributed by atoms with Crippen molar-refractivity contribution in [3.63, 3.8) is 0 Å². The zero-order chi connectivity index (χ0) is 11.6. The Bertz CT molecular complexity index is 163. The topological polar surface area (TPSA) is 41.5 Å². The third kappa shape index (κ3) is 6.74. The second-order valence-electron chi connectivity index (χ2n) is 4.44. The van der Waals surface area contributed by atoms with Gasteiger partial charge in [0.15, 0.2) is 0 Å². The average Bonchev–Trinajstić information content (AvgIpc) is 2.33. The number of methoxy groups -OCH3 is 1. The molecule has 3 nitrogen and oxygen atoms in total. The molecule has 0 aromatic heterocycles. The van der Waals surface area contributed by atoms with E-state index >= 15 is 0 Å². The van der Waals surface area contributed by atoms with Crippen molar-refractivity contribution >= 4 is 11.8 Å². The van der Waals surface area contributed by atoms with E-state index in [4.69, 9.17) is 4.74 Å². The summed E-state index contributed by atoms with van der Waals surface area (Å²) >= 11 is 1.95. The lowest BCUT2D eigenvalue weighted by Crippen LogP contribution is -2.31. The van der Waals surface area contributed by atoms with Crippen molar-refractivity contribution in [2.24, 2.45) is 0 Å². The molecule has 1 fully saturated rings. The summed E-state index contributed by atoms with van der Waals surface area (Å²) in [6.07, 6.45) is 6.62. The van der Waals surface area contributed by atoms with Crippen LogP contribution >= 0.6 is 11.8 Å². The van der Waals surface area contributed by atoms with E-state index in [1.165, 1.54) is 32.1 Å². The van der Waals surface area contributed by atoms with Crippen LogP contribution in [0.4, 0.5) is 0 Å². The van der Waals surface area contributed by atoms with Gasteiger partial charge in [0.25, 0.3) is 0 Å². The fourth-order valence-electron chi connectivity index (χ4n) is 1.98. The number of hydrogen-bond donors (Lipinski definition) is 2. The molecule has 0 spiro atoms. The van der Waals surface area contributed by atoms with Crippen molar-refractivity contribution in [1.29, 1.82) is 0 Å². The van der Waals surface area contributed by atoms with Crippen LogP contribution in [-0.4, -0.2) is 49.0 Å². The van der Waals surface area contributed by atoms with Gasteiger partial charge in [-0.25, -0.2) is 0 Å². The molecule has 16 heavy (non-hydrogen) atoms. The molecule has 1 atom stereocenters. The van der Waals surface area contributed by atoms with Gasteiger partial charge in [-0.1, -0.05) is 19.3 Å². The monoisotopic (exact) mass is 247 g/mol. The molecule has 4 heteroatoms. The Hall–Kier alpha value is 0.230. The standard InChI is InChI=1S/C12H25NO2S/c1-15-8-7-13-9-11(14)10-16-12-5-3-2-4-6-12/h11-14H,2-10H2,1H3. The predicted molar refractivity (Wildman–Crippen MR) is 70.1 cm³/mol. The van der Waals surface area contributed by atoms with Gasteiger partial charge >= 0.3 is 0 Å². The van der Waals surface area contributed by atoms with Gasteiger partial charge in [0.1, 0.15) is 0 Å². The summed E-state index contributed by atoms with van der Waals surface area (Å²) in [4.78, 5) is 0. The maximum absolute atomic E-state index is 9.76. The maximum Gasteiger partial charge on any atom is 0.0754 e. The number of ether oxygens (including phenoxy) is 1. The molecule has 1 saturated carbocycles. The third-order valence-electron chi connectivity index (χ3n) is 2.94. The highest BCUT2D eigenvalue weighted by atomic mass is 32.2. The highest BCUT2D eigenvalue weighted by molar-refractivity contribution is 7.99. The van der Waals surface area contributed by atoms with E-state index in [0.29, 0.717) is 13.2 Å². The van der Waals surface area contributed by atoms with Gasteiger partial charge in [0.2, 0.25) is 0 Å². The first-order chi connectivity index (χ1) is 7.83. The molecule has 1 aliphatic carbocycles. The molecule has 0 heterocycles. The van der Waals surface area contributed by atoms with Gasteiger partial charge < -0.3 is 15.2 Å². The van der Waals surface area contributed by atoms with Crippen LogP contribution in [0.3, 0.4) is 0 Å². The van der Waals surface area contributed by atoms with Crippen molar-refractivity contribution in [1.82, 2.24) is 5.32 Å². The number of thioether (sulfide) groups is 1. The van der Waals surface area contributed by atoms with Crippen LogP contribution in [0.15, 0.2) is 0 Å². The van der Waals surface area contributed by atoms with Crippen LogP contribution in [0.5, 0.6) is 0 Å². The first-order valence-electron chi connectivity index (χ1n) is 6.32. The highest BCUT2D eigenvalue weighted by Gasteiger charge is 2.15. The third-order valence-corrected chi connectivity index (χ3v) is 4.46. The van der Waals surface area contributed by atoms with E-state index in [1.54, 1.807) is 7.11 Å². The lowest BCUT2D eigenvalue weighted by Gasteiger charge is -2.22. The van der Waals surface area contributed by atoms with Crippen LogP contribution < -0.4 is 5.32 Å². The summed E-state index contributed by atoms with van der Waals surface area (Å²) in [7, 11) is 1.69. The minimum Gasteiger partial charge on any atom is -0.391 e. The molecule has 1 aliphatic rings. The Balaban J connectivity index is 1.94. The van der Waals surface area contributed by atoms with Crippen LogP contribution in [0.1, 0.15) is 32.1 Å². The molecule has 2 N–H and O–H groups in total. The number of rotatable bonds is 8. The van der Waals surface area contributed by atoms with Crippen LogP contribution in [-0.2, 0) is 4.74 Å². The molecule has 0 aliphatic heterocycles. The second kappa shape index (κ2) is 9.28. The molecular weight excluding hydrogens is 222 g/mol. The van der Waals surface area contributed by atoms with Crippen molar-refractivity contribution in [2.75, 3.05) is 32.6 Å². The zero-order valence-electron chi connectivity index (χ0n) is 10.3. The highest BCUT2D eigenvalue weighted by Crippen LogP contribution is 2.28. The van der Waals surface area contributed by atoms with Gasteiger partial charge in [0.05, 0.1) is 12.7 Å². The van der Waals surface area contributed by atoms with Crippen molar-refractivity contribution < 1.29 is 9.84 Å². The fraction of sp³-hybridized carbons (Fsp3) is 1.00. The van der Waals surface area contributed by atoms with Crippen LogP contribution in [0.2, 0.25) is 0 Å². The first-order valence-corrected chi connectivity index (χ1v) is 7.37. The van der Waals surface area contributed by atoms with Gasteiger partial charge in [-0.15, -0.1) is 0 Å². The minimum atomic E-state index is -0.219. The molecule has 0 radical (unpaired) electrons. The summed E-state index contributed by atoms with van der Waals surface area (Å²) in [6, 6.07) is 0. The normalized spacial score (nSPS) is 19.9. The number of aliphatic hydroxyl groups excluding tert-OH is 1. The smallest absolute Gasteiger partial charge is 0.0754 e. The Morgan fingerprint density at radius 1 is 1.38 bits per heavy atom. The van der Waals surface area contributed by atoms with Crippen molar-refractivity contribution in [2.45, 2.75) is 43.5 Å². The van der Waals surface area contributed by atoms with E-state index in [0.717, 1.165) is 17.5 Å². The largest absolute Gasteiger partial charge is 0.391 e. The summed E-state index contributed by atoms with van der Waals surface area (Å²) in [5, 5.41) is 13.7. The number of hydrogen-bond acceptors (Lipinski definition) is 4. The Kier molecular flexibility index (Phi) is 8.29. The SMILES string of the molecule is COCCNCC(O)CSC1CCCCC1. The summed E-state index contributed by atoms with van der Waals surface area (Å²) in [6.45, 7) is 2.22. The first kappa shape index (κ1) is 14.3. The molecule has 1 unspecified atom stereocenters. The summed E-state index contributed by atoms with van der Waals surface area (Å²) in [5.74, 6) is 0.866. The van der Waals surface area contributed by atoms with Gasteiger partial charge in [-0.3, -0.25) is 0 Å². The Labute approximate surface area is 103 Å². The molecule has 0 bridgehead atoms. The molecule has 0 saturated heterocycles. The molecule has 96 valence electrons. The predicted octanol–water partition coefficient (Wildman–Crippen LogP) is 1.65.